The molecule has 1 aromatic heterocycles. The molecule has 0 saturated heterocycles. The van der Waals surface area contributed by atoms with Gasteiger partial charge in [0.1, 0.15) is 16.5 Å². The molecular formula is C25H25F2N6O7PS. The number of aliphatic imine (C=N–C) groups is 1. The molecule has 0 radical (unpaired) electrons. The molecule has 1 saturated carbocycles. The quantitative estimate of drug-likeness (QED) is 0.107. The Labute approximate surface area is 242 Å². The van der Waals surface area contributed by atoms with Crippen LogP contribution >= 0.6 is 19.6 Å². The first-order valence-electron chi connectivity index (χ1n) is 11.9. The number of benzene rings is 1. The molecule has 1 heterocycles. The number of thioether (sulfide) groups is 1. The minimum Gasteiger partial charge on any atom is -0.494 e. The molecule has 6 N–H and O–H groups in total. The number of hydrogen-bond acceptors (Lipinski definition) is 11. The van der Waals surface area contributed by atoms with Gasteiger partial charge < -0.3 is 24.6 Å². The fraction of sp³-hybridized carbons (Fsp3) is 0.280. The van der Waals surface area contributed by atoms with Crippen molar-refractivity contribution < 1.29 is 41.9 Å². The van der Waals surface area contributed by atoms with Crippen LogP contribution in [0.4, 0.5) is 8.78 Å². The van der Waals surface area contributed by atoms with Gasteiger partial charge >= 0.3 is 7.82 Å². The highest BCUT2D eigenvalue weighted by atomic mass is 32.2. The molecule has 0 aliphatic heterocycles. The lowest BCUT2D eigenvalue weighted by atomic mass is 9.96. The van der Waals surface area contributed by atoms with Crippen molar-refractivity contribution in [3.05, 3.63) is 47.3 Å². The lowest BCUT2D eigenvalue weighted by Crippen LogP contribution is -2.30. The lowest BCUT2D eigenvalue weighted by Gasteiger charge is -2.16. The summed E-state index contributed by atoms with van der Waals surface area (Å²) < 4.78 is 52.8. The summed E-state index contributed by atoms with van der Waals surface area (Å²) in [5, 5.41) is 25.6. The van der Waals surface area contributed by atoms with Crippen molar-refractivity contribution in [2.75, 3.05) is 13.8 Å². The van der Waals surface area contributed by atoms with Crippen molar-refractivity contribution in [3.63, 3.8) is 0 Å². The number of phosphoric ester groups is 1. The second-order valence-corrected chi connectivity index (χ2v) is 10.7. The molecule has 222 valence electrons. The van der Waals surface area contributed by atoms with Gasteiger partial charge in [0, 0.05) is 29.5 Å². The minimum absolute atomic E-state index is 0.0153. The van der Waals surface area contributed by atoms with Crippen molar-refractivity contribution in [2.45, 2.75) is 26.2 Å². The normalized spacial score (nSPS) is 13.2. The van der Waals surface area contributed by atoms with Gasteiger partial charge in [-0.25, -0.2) is 18.3 Å². The summed E-state index contributed by atoms with van der Waals surface area (Å²) in [5.74, 6) is 4.08. The number of alkyl halides is 2. The van der Waals surface area contributed by atoms with E-state index in [0.717, 1.165) is 25.1 Å². The molecule has 1 amide bonds. The SMILES string of the molecule is COc1cnc(C(F)F)cc1-c1cc(C(=N)OC(C)=N)ccc1C(=O)N/C(=N\COP(=O)(O)O)SC(=N)C#CC1CC1. The van der Waals surface area contributed by atoms with E-state index in [1.807, 2.05) is 0 Å². The number of carbonyl (C=O) groups excluding carboxylic acids is 1. The first kappa shape index (κ1) is 32.5. The fourth-order valence-corrected chi connectivity index (χ4v) is 3.98. The molecule has 3 rings (SSSR count). The number of ether oxygens (including phenoxy) is 2. The smallest absolute Gasteiger partial charge is 0.471 e. The number of nitrogens with zero attached hydrogens (tertiary/aromatic N) is 2. The van der Waals surface area contributed by atoms with Crippen LogP contribution in [0.1, 0.15) is 47.8 Å². The number of rotatable bonds is 8. The van der Waals surface area contributed by atoms with E-state index < -0.39 is 38.5 Å². The topological polar surface area (TPSA) is 211 Å². The minimum atomic E-state index is -4.90. The van der Waals surface area contributed by atoms with E-state index >= 15 is 0 Å². The van der Waals surface area contributed by atoms with Crippen molar-refractivity contribution in [3.8, 4) is 28.7 Å². The van der Waals surface area contributed by atoms with E-state index in [4.69, 9.17) is 35.5 Å². The van der Waals surface area contributed by atoms with E-state index in [9.17, 15) is 18.1 Å². The molecule has 13 nitrogen and oxygen atoms in total. The summed E-state index contributed by atoms with van der Waals surface area (Å²) in [6.45, 7) is 0.439. The molecule has 42 heavy (non-hydrogen) atoms. The number of nitrogens with one attached hydrogen (secondary N) is 4. The van der Waals surface area contributed by atoms with Crippen LogP contribution in [-0.2, 0) is 13.8 Å². The third-order valence-electron chi connectivity index (χ3n) is 5.22. The van der Waals surface area contributed by atoms with Gasteiger partial charge in [-0.15, -0.1) is 0 Å². The Kier molecular flexibility index (Phi) is 11.0. The van der Waals surface area contributed by atoms with Crippen LogP contribution in [0.3, 0.4) is 0 Å². The Morgan fingerprint density at radius 1 is 1.26 bits per heavy atom. The maximum atomic E-state index is 13.5. The Bertz CT molecular complexity index is 1550. The monoisotopic (exact) mass is 622 g/mol. The molecule has 0 unspecified atom stereocenters. The van der Waals surface area contributed by atoms with Crippen LogP contribution < -0.4 is 10.1 Å². The number of phosphoric acid groups is 1. The van der Waals surface area contributed by atoms with Gasteiger partial charge in [0.2, 0.25) is 5.90 Å². The van der Waals surface area contributed by atoms with Crippen molar-refractivity contribution in [2.24, 2.45) is 10.9 Å². The number of pyridine rings is 1. The highest BCUT2D eigenvalue weighted by molar-refractivity contribution is 8.27. The number of amidine groups is 1. The van der Waals surface area contributed by atoms with Crippen molar-refractivity contribution >= 4 is 47.5 Å². The molecule has 1 fully saturated rings. The molecule has 1 aliphatic rings. The van der Waals surface area contributed by atoms with Crippen LogP contribution in [0.15, 0.2) is 35.5 Å². The summed E-state index contributed by atoms with van der Waals surface area (Å²) in [7, 11) is -3.63. The number of halogens is 2. The van der Waals surface area contributed by atoms with Gasteiger partial charge in [-0.1, -0.05) is 5.92 Å². The maximum absolute atomic E-state index is 13.5. The third-order valence-corrected chi connectivity index (χ3v) is 6.41. The van der Waals surface area contributed by atoms with E-state index in [1.165, 1.54) is 32.2 Å². The molecule has 1 aromatic carbocycles. The summed E-state index contributed by atoms with van der Waals surface area (Å²) in [4.78, 5) is 39.0. The van der Waals surface area contributed by atoms with Crippen LogP contribution in [0, 0.1) is 34.0 Å². The van der Waals surface area contributed by atoms with Gasteiger partial charge in [-0.2, -0.15) is 0 Å². The fourth-order valence-electron chi connectivity index (χ4n) is 3.21. The van der Waals surface area contributed by atoms with Crippen LogP contribution in [0.5, 0.6) is 5.75 Å². The average molecular weight is 623 g/mol. The Morgan fingerprint density at radius 2 is 1.98 bits per heavy atom. The number of carbonyl (C=O) groups is 1. The Morgan fingerprint density at radius 3 is 2.57 bits per heavy atom. The Hall–Kier alpha value is -4.00. The van der Waals surface area contributed by atoms with Crippen LogP contribution in [0.2, 0.25) is 0 Å². The number of methoxy groups -OCH3 is 1. The van der Waals surface area contributed by atoms with Crippen LogP contribution in [0.25, 0.3) is 11.1 Å². The Balaban J connectivity index is 2.05. The average Bonchev–Trinajstić information content (AvgIpc) is 3.74. The molecule has 2 aromatic rings. The maximum Gasteiger partial charge on any atom is 0.471 e. The zero-order chi connectivity index (χ0) is 31.0. The second kappa shape index (κ2) is 14.3. The molecular weight excluding hydrogens is 597 g/mol. The lowest BCUT2D eigenvalue weighted by molar-refractivity contribution is 0.0978. The number of hydrogen-bond donors (Lipinski definition) is 6. The van der Waals surface area contributed by atoms with Gasteiger partial charge in [-0.05, 0) is 60.4 Å². The van der Waals surface area contributed by atoms with E-state index in [0.29, 0.717) is 11.8 Å². The third kappa shape index (κ3) is 9.82. The largest absolute Gasteiger partial charge is 0.494 e. The van der Waals surface area contributed by atoms with Gasteiger partial charge in [0.15, 0.2) is 17.8 Å². The van der Waals surface area contributed by atoms with E-state index in [-0.39, 0.29) is 50.0 Å². The predicted molar refractivity (Wildman–Crippen MR) is 151 cm³/mol. The zero-order valence-electron chi connectivity index (χ0n) is 22.1. The highest BCUT2D eigenvalue weighted by Crippen LogP contribution is 2.36. The summed E-state index contributed by atoms with van der Waals surface area (Å²) >= 11 is 0.602. The zero-order valence-corrected chi connectivity index (χ0v) is 23.8. The van der Waals surface area contributed by atoms with Crippen molar-refractivity contribution in [1.82, 2.24) is 10.3 Å². The highest BCUT2D eigenvalue weighted by Gasteiger charge is 2.23. The molecule has 0 atom stereocenters. The molecule has 17 heteroatoms. The summed E-state index contributed by atoms with van der Waals surface area (Å²) in [6.07, 6.45) is -0.0863. The first-order valence-corrected chi connectivity index (χ1v) is 14.2. The van der Waals surface area contributed by atoms with E-state index in [2.05, 4.69) is 31.7 Å². The molecule has 0 spiro atoms. The summed E-state index contributed by atoms with van der Waals surface area (Å²) in [6, 6.07) is 4.92. The van der Waals surface area contributed by atoms with Crippen LogP contribution in [-0.4, -0.2) is 56.5 Å². The number of aromatic nitrogens is 1. The first-order chi connectivity index (χ1) is 19.8. The van der Waals surface area contributed by atoms with E-state index in [1.54, 1.807) is 0 Å². The standard InChI is InChI=1S/C25H25F2N6O7PS/c1-13(28)40-23(30)15-6-7-16(17(9-15)18-10-19(22(26)27)31-11-20(18)38-2)24(34)33-25(32-12-39-41(35,36)37)42-21(29)8-5-14-3-4-14/h6-7,9-11,14,22,28-30H,3-4,12H2,1-2H3,(H,32,33,34)(H2,35,36,37). The van der Waals surface area contributed by atoms with Gasteiger partial charge in [0.05, 0.1) is 13.3 Å². The summed E-state index contributed by atoms with van der Waals surface area (Å²) in [5.41, 5.74) is -0.599. The second-order valence-electron chi connectivity index (χ2n) is 8.50. The predicted octanol–water partition coefficient (Wildman–Crippen LogP) is 4.31. The van der Waals surface area contributed by atoms with Gasteiger partial charge in [0.25, 0.3) is 12.3 Å². The number of amides is 1. The van der Waals surface area contributed by atoms with Crippen molar-refractivity contribution in [1.29, 1.82) is 16.2 Å². The molecule has 0 bridgehead atoms. The molecule has 1 aliphatic carbocycles. The van der Waals surface area contributed by atoms with Gasteiger partial charge in [-0.3, -0.25) is 30.5 Å².